The molecule has 24 heavy (non-hydrogen) atoms. The van der Waals surface area contributed by atoms with E-state index < -0.39 is 0 Å². The van der Waals surface area contributed by atoms with Crippen LogP contribution in [0.5, 0.6) is 0 Å². The molecule has 1 amide bonds. The molecule has 1 aliphatic rings. The summed E-state index contributed by atoms with van der Waals surface area (Å²) in [6, 6.07) is 8.33. The van der Waals surface area contributed by atoms with Gasteiger partial charge < -0.3 is 5.32 Å². The van der Waals surface area contributed by atoms with Gasteiger partial charge in [0.15, 0.2) is 0 Å². The summed E-state index contributed by atoms with van der Waals surface area (Å²) in [5, 5.41) is 3.09. The molecule has 0 unspecified atom stereocenters. The third kappa shape index (κ3) is 4.42. The van der Waals surface area contributed by atoms with Crippen molar-refractivity contribution in [3.8, 4) is 0 Å². The molecule has 1 saturated heterocycles. The molecule has 3 rings (SSSR count). The molecule has 2 heterocycles. The zero-order chi connectivity index (χ0) is 16.9. The van der Waals surface area contributed by atoms with Crippen LogP contribution in [0, 0.1) is 19.8 Å². The van der Waals surface area contributed by atoms with Crippen molar-refractivity contribution in [1.29, 1.82) is 0 Å². The molecule has 0 bridgehead atoms. The van der Waals surface area contributed by atoms with Gasteiger partial charge in [-0.2, -0.15) is 0 Å². The Hall–Kier alpha value is -1.72. The Bertz CT molecular complexity index is 672. The lowest BCUT2D eigenvalue weighted by Gasteiger charge is -2.31. The lowest BCUT2D eigenvalue weighted by Crippen LogP contribution is -2.40. The molecular formula is C19H25N3OS. The molecule has 0 atom stereocenters. The smallest absolute Gasteiger partial charge is 0.223 e. The van der Waals surface area contributed by atoms with Gasteiger partial charge in [-0.15, -0.1) is 11.3 Å². The maximum Gasteiger partial charge on any atom is 0.223 e. The van der Waals surface area contributed by atoms with Gasteiger partial charge in [0, 0.05) is 23.9 Å². The first-order valence-electron chi connectivity index (χ1n) is 8.56. The molecule has 0 radical (unpaired) electrons. The molecule has 5 heteroatoms. The predicted octanol–water partition coefficient (Wildman–Crippen LogP) is 3.29. The summed E-state index contributed by atoms with van der Waals surface area (Å²) in [6.07, 6.45) is 1.88. The number of nitrogens with zero attached hydrogens (tertiary/aromatic N) is 2. The third-order valence-electron chi connectivity index (χ3n) is 4.76. The first-order chi connectivity index (χ1) is 11.6. The highest BCUT2D eigenvalue weighted by molar-refractivity contribution is 7.09. The summed E-state index contributed by atoms with van der Waals surface area (Å²) in [4.78, 5) is 20.5. The number of hydrogen-bond acceptors (Lipinski definition) is 4. The van der Waals surface area contributed by atoms with Crippen LogP contribution in [0.4, 0.5) is 0 Å². The predicted molar refractivity (Wildman–Crippen MR) is 97.9 cm³/mol. The summed E-state index contributed by atoms with van der Waals surface area (Å²) in [6.45, 7) is 7.70. The minimum absolute atomic E-state index is 0.147. The van der Waals surface area contributed by atoms with Crippen molar-refractivity contribution in [3.05, 3.63) is 51.5 Å². The Morgan fingerprint density at radius 1 is 1.25 bits per heavy atom. The van der Waals surface area contributed by atoms with E-state index in [1.54, 1.807) is 11.3 Å². The van der Waals surface area contributed by atoms with Gasteiger partial charge in [0.25, 0.3) is 0 Å². The fourth-order valence-corrected chi connectivity index (χ4v) is 3.89. The van der Waals surface area contributed by atoms with Crippen molar-refractivity contribution >= 4 is 17.2 Å². The first kappa shape index (κ1) is 17.1. The minimum atomic E-state index is 0.147. The van der Waals surface area contributed by atoms with Crippen LogP contribution in [0.3, 0.4) is 0 Å². The molecule has 128 valence electrons. The minimum Gasteiger partial charge on any atom is -0.352 e. The zero-order valence-corrected chi connectivity index (χ0v) is 15.2. The van der Waals surface area contributed by atoms with E-state index in [9.17, 15) is 4.79 Å². The normalized spacial score (nSPS) is 16.2. The van der Waals surface area contributed by atoms with E-state index in [-0.39, 0.29) is 11.8 Å². The van der Waals surface area contributed by atoms with Crippen LogP contribution in [-0.4, -0.2) is 28.9 Å². The van der Waals surface area contributed by atoms with Gasteiger partial charge in [0.05, 0.1) is 11.2 Å². The number of amides is 1. The van der Waals surface area contributed by atoms with Gasteiger partial charge >= 0.3 is 0 Å². The number of rotatable bonds is 5. The molecule has 4 nitrogen and oxygen atoms in total. The van der Waals surface area contributed by atoms with Gasteiger partial charge in [0.1, 0.15) is 0 Å². The van der Waals surface area contributed by atoms with Crippen molar-refractivity contribution < 1.29 is 4.79 Å². The van der Waals surface area contributed by atoms with Crippen molar-refractivity contribution in [2.75, 3.05) is 13.1 Å². The van der Waals surface area contributed by atoms with E-state index in [4.69, 9.17) is 0 Å². The van der Waals surface area contributed by atoms with Gasteiger partial charge in [-0.25, -0.2) is 4.98 Å². The number of aromatic nitrogens is 1. The summed E-state index contributed by atoms with van der Waals surface area (Å²) in [5.41, 5.74) is 5.45. The van der Waals surface area contributed by atoms with Crippen LogP contribution >= 0.6 is 11.3 Å². The van der Waals surface area contributed by atoms with Crippen molar-refractivity contribution in [1.82, 2.24) is 15.2 Å². The molecule has 1 aliphatic heterocycles. The van der Waals surface area contributed by atoms with Crippen LogP contribution in [0.15, 0.2) is 29.8 Å². The Labute approximate surface area is 147 Å². The maximum atomic E-state index is 12.4. The number of carbonyl (C=O) groups excluding carboxylic acids is 1. The summed E-state index contributed by atoms with van der Waals surface area (Å²) < 4.78 is 0. The summed E-state index contributed by atoms with van der Waals surface area (Å²) in [5.74, 6) is 0.346. The van der Waals surface area contributed by atoms with Crippen molar-refractivity contribution in [2.45, 2.75) is 39.8 Å². The van der Waals surface area contributed by atoms with E-state index in [2.05, 4.69) is 53.3 Å². The number of benzene rings is 1. The summed E-state index contributed by atoms with van der Waals surface area (Å²) >= 11 is 1.72. The Morgan fingerprint density at radius 3 is 2.58 bits per heavy atom. The second-order valence-corrected chi connectivity index (χ2v) is 7.55. The highest BCUT2D eigenvalue weighted by atomic mass is 32.1. The topological polar surface area (TPSA) is 45.2 Å². The van der Waals surface area contributed by atoms with E-state index in [1.807, 2.05) is 5.51 Å². The number of thiazole rings is 1. The van der Waals surface area contributed by atoms with Crippen molar-refractivity contribution in [3.63, 3.8) is 0 Å². The maximum absolute atomic E-state index is 12.4. The number of piperidine rings is 1. The Kier molecular flexibility index (Phi) is 5.63. The van der Waals surface area contributed by atoms with E-state index >= 15 is 0 Å². The number of hydrogen-bond donors (Lipinski definition) is 1. The highest BCUT2D eigenvalue weighted by Crippen LogP contribution is 2.22. The Balaban J connectivity index is 1.43. The average Bonchev–Trinajstić information content (AvgIpc) is 3.00. The van der Waals surface area contributed by atoms with E-state index in [0.717, 1.165) is 43.7 Å². The largest absolute Gasteiger partial charge is 0.352 e. The monoisotopic (exact) mass is 343 g/mol. The third-order valence-corrected chi connectivity index (χ3v) is 5.68. The van der Waals surface area contributed by atoms with Crippen LogP contribution < -0.4 is 5.32 Å². The van der Waals surface area contributed by atoms with Gasteiger partial charge in [-0.3, -0.25) is 9.69 Å². The molecule has 1 N–H and O–H groups in total. The summed E-state index contributed by atoms with van der Waals surface area (Å²) in [7, 11) is 0. The fourth-order valence-electron chi connectivity index (χ4n) is 3.07. The number of carbonyl (C=O) groups is 1. The second-order valence-electron chi connectivity index (χ2n) is 6.61. The second kappa shape index (κ2) is 7.90. The lowest BCUT2D eigenvalue weighted by molar-refractivity contribution is -0.126. The standard InChI is InChI=1S/C19H25N3OS/c1-14-3-5-16(6-4-14)11-20-19(23)17-7-9-22(10-8-17)12-18-15(2)21-13-24-18/h3-6,13,17H,7-12H2,1-2H3,(H,20,23). The van der Waals surface area contributed by atoms with Gasteiger partial charge in [-0.05, 0) is 45.3 Å². The zero-order valence-electron chi connectivity index (χ0n) is 14.4. The van der Waals surface area contributed by atoms with Crippen LogP contribution in [0.2, 0.25) is 0 Å². The van der Waals surface area contributed by atoms with Crippen LogP contribution in [-0.2, 0) is 17.9 Å². The fraction of sp³-hybridized carbons (Fsp3) is 0.474. The first-order valence-corrected chi connectivity index (χ1v) is 9.44. The molecule has 2 aromatic rings. The molecule has 0 aliphatic carbocycles. The molecule has 0 saturated carbocycles. The van der Waals surface area contributed by atoms with Crippen molar-refractivity contribution in [2.24, 2.45) is 5.92 Å². The molecular weight excluding hydrogens is 318 g/mol. The molecule has 1 fully saturated rings. The molecule has 0 spiro atoms. The lowest BCUT2D eigenvalue weighted by atomic mass is 9.95. The van der Waals surface area contributed by atoms with E-state index in [1.165, 1.54) is 10.4 Å². The van der Waals surface area contributed by atoms with E-state index in [0.29, 0.717) is 6.54 Å². The number of nitrogens with one attached hydrogen (secondary N) is 1. The highest BCUT2D eigenvalue weighted by Gasteiger charge is 2.25. The van der Waals surface area contributed by atoms with Crippen LogP contribution in [0.25, 0.3) is 0 Å². The van der Waals surface area contributed by atoms with Gasteiger partial charge in [-0.1, -0.05) is 29.8 Å². The number of aryl methyl sites for hydroxylation is 2. The molecule has 1 aromatic carbocycles. The molecule has 1 aromatic heterocycles. The SMILES string of the molecule is Cc1ccc(CNC(=O)C2CCN(Cc3scnc3C)CC2)cc1. The average molecular weight is 343 g/mol. The number of likely N-dealkylation sites (tertiary alicyclic amines) is 1. The Morgan fingerprint density at radius 2 is 1.96 bits per heavy atom. The van der Waals surface area contributed by atoms with Gasteiger partial charge in [0.2, 0.25) is 5.91 Å². The quantitative estimate of drug-likeness (QED) is 0.906. The van der Waals surface area contributed by atoms with Crippen LogP contribution in [0.1, 0.15) is 34.5 Å².